The molecule has 4 nitrogen and oxygen atoms in total. The molecule has 1 aliphatic rings. The van der Waals surface area contributed by atoms with E-state index in [1.165, 1.54) is 70.6 Å². The second kappa shape index (κ2) is 14.4. The average Bonchev–Trinajstić information content (AvgIpc) is 3.41. The van der Waals surface area contributed by atoms with Crippen molar-refractivity contribution in [2.75, 3.05) is 6.61 Å². The van der Waals surface area contributed by atoms with E-state index in [2.05, 4.69) is 13.8 Å². The number of hydrogen-bond donors (Lipinski definition) is 2. The minimum Gasteiger partial charge on any atom is -0.456 e. The fraction of sp³-hybridized carbons (Fsp3) is 0.957. The van der Waals surface area contributed by atoms with Crippen LogP contribution in [0.5, 0.6) is 0 Å². The normalized spacial score (nSPS) is 16.5. The predicted octanol–water partition coefficient (Wildman–Crippen LogP) is 5.53. The molecule has 1 atom stereocenters. The van der Waals surface area contributed by atoms with Crippen molar-refractivity contribution in [2.24, 2.45) is 5.92 Å². The Labute approximate surface area is 167 Å². The molecule has 0 aromatic heterocycles. The Morgan fingerprint density at radius 2 is 1.30 bits per heavy atom. The van der Waals surface area contributed by atoms with Crippen LogP contribution in [0, 0.1) is 5.92 Å². The van der Waals surface area contributed by atoms with E-state index in [0.717, 1.165) is 18.8 Å². The van der Waals surface area contributed by atoms with E-state index >= 15 is 0 Å². The smallest absolute Gasteiger partial charge is 0.306 e. The number of rotatable bonds is 18. The zero-order valence-corrected chi connectivity index (χ0v) is 17.9. The molecule has 27 heavy (non-hydrogen) atoms. The molecule has 2 N–H and O–H groups in total. The van der Waals surface area contributed by atoms with Gasteiger partial charge >= 0.3 is 5.97 Å². The molecule has 1 saturated carbocycles. The SMILES string of the molecule is CC(C)CCCCCCCCCCCCCCC(=O)OC1(C(O)CO)CC1. The molecule has 0 bridgehead atoms. The summed E-state index contributed by atoms with van der Waals surface area (Å²) in [7, 11) is 0. The summed E-state index contributed by atoms with van der Waals surface area (Å²) < 4.78 is 5.37. The van der Waals surface area contributed by atoms with Gasteiger partial charge in [-0.05, 0) is 25.2 Å². The zero-order valence-electron chi connectivity index (χ0n) is 17.9. The quantitative estimate of drug-likeness (QED) is 0.241. The first-order valence-electron chi connectivity index (χ1n) is 11.5. The molecule has 0 amide bonds. The Hall–Kier alpha value is -0.610. The molecule has 0 heterocycles. The molecular formula is C23H44O4. The third-order valence-corrected chi connectivity index (χ3v) is 5.75. The molecule has 1 rings (SSSR count). The molecule has 0 aromatic rings. The van der Waals surface area contributed by atoms with Crippen LogP contribution in [-0.2, 0) is 9.53 Å². The van der Waals surface area contributed by atoms with Gasteiger partial charge in [0.25, 0.3) is 0 Å². The largest absolute Gasteiger partial charge is 0.456 e. The van der Waals surface area contributed by atoms with Crippen LogP contribution in [-0.4, -0.2) is 34.5 Å². The van der Waals surface area contributed by atoms with Gasteiger partial charge in [-0.25, -0.2) is 0 Å². The average molecular weight is 385 g/mol. The summed E-state index contributed by atoms with van der Waals surface area (Å²) in [6, 6.07) is 0. The van der Waals surface area contributed by atoms with Gasteiger partial charge in [-0.3, -0.25) is 4.79 Å². The van der Waals surface area contributed by atoms with Crippen molar-refractivity contribution >= 4 is 5.97 Å². The molecule has 0 aromatic carbocycles. The standard InChI is InChI=1S/C23H44O4/c1-20(2)15-13-11-9-7-5-3-4-6-8-10-12-14-16-22(26)27-23(17-18-23)21(25)19-24/h20-21,24-25H,3-19H2,1-2H3. The van der Waals surface area contributed by atoms with Crippen LogP contribution in [0.1, 0.15) is 117 Å². The van der Waals surface area contributed by atoms with Gasteiger partial charge in [0.15, 0.2) is 0 Å². The fourth-order valence-corrected chi connectivity index (χ4v) is 3.66. The van der Waals surface area contributed by atoms with E-state index in [1.807, 2.05) is 0 Å². The molecule has 1 aliphatic carbocycles. The maximum atomic E-state index is 11.8. The third kappa shape index (κ3) is 11.7. The molecule has 0 aliphatic heterocycles. The Kier molecular flexibility index (Phi) is 13.0. The topological polar surface area (TPSA) is 66.8 Å². The van der Waals surface area contributed by atoms with Gasteiger partial charge in [0, 0.05) is 6.42 Å². The van der Waals surface area contributed by atoms with Crippen LogP contribution in [0.4, 0.5) is 0 Å². The highest BCUT2D eigenvalue weighted by Crippen LogP contribution is 2.43. The van der Waals surface area contributed by atoms with Crippen LogP contribution < -0.4 is 0 Å². The van der Waals surface area contributed by atoms with E-state index in [9.17, 15) is 9.90 Å². The van der Waals surface area contributed by atoms with Crippen molar-refractivity contribution in [1.29, 1.82) is 0 Å². The molecular weight excluding hydrogens is 340 g/mol. The van der Waals surface area contributed by atoms with Gasteiger partial charge < -0.3 is 14.9 Å². The Balaban J connectivity index is 1.81. The first-order valence-corrected chi connectivity index (χ1v) is 11.5. The summed E-state index contributed by atoms with van der Waals surface area (Å²) in [6.07, 6.45) is 17.6. The molecule has 160 valence electrons. The van der Waals surface area contributed by atoms with Crippen molar-refractivity contribution < 1.29 is 19.7 Å². The summed E-state index contributed by atoms with van der Waals surface area (Å²) in [4.78, 5) is 11.8. The van der Waals surface area contributed by atoms with E-state index in [4.69, 9.17) is 9.84 Å². The first kappa shape index (κ1) is 24.4. The monoisotopic (exact) mass is 384 g/mol. The molecule has 1 unspecified atom stereocenters. The number of aliphatic hydroxyl groups excluding tert-OH is 2. The zero-order chi connectivity index (χ0) is 20.0. The van der Waals surface area contributed by atoms with Crippen LogP contribution in [0.3, 0.4) is 0 Å². The Bertz CT molecular complexity index is 377. The minimum absolute atomic E-state index is 0.228. The van der Waals surface area contributed by atoms with Gasteiger partial charge in [0.2, 0.25) is 0 Å². The first-order chi connectivity index (χ1) is 13.0. The summed E-state index contributed by atoms with van der Waals surface area (Å²) in [5.74, 6) is 0.623. The highest BCUT2D eigenvalue weighted by atomic mass is 16.6. The van der Waals surface area contributed by atoms with E-state index in [0.29, 0.717) is 19.3 Å². The number of carbonyl (C=O) groups is 1. The van der Waals surface area contributed by atoms with Crippen molar-refractivity contribution in [3.8, 4) is 0 Å². The summed E-state index contributed by atoms with van der Waals surface area (Å²) in [6.45, 7) is 4.27. The summed E-state index contributed by atoms with van der Waals surface area (Å²) >= 11 is 0. The lowest BCUT2D eigenvalue weighted by molar-refractivity contribution is -0.160. The molecule has 4 heteroatoms. The summed E-state index contributed by atoms with van der Waals surface area (Å²) in [5, 5.41) is 18.7. The van der Waals surface area contributed by atoms with Crippen molar-refractivity contribution in [3.63, 3.8) is 0 Å². The van der Waals surface area contributed by atoms with Gasteiger partial charge in [0.1, 0.15) is 11.7 Å². The van der Waals surface area contributed by atoms with Crippen molar-refractivity contribution in [1.82, 2.24) is 0 Å². The molecule has 0 radical (unpaired) electrons. The lowest BCUT2D eigenvalue weighted by Crippen LogP contribution is -2.36. The van der Waals surface area contributed by atoms with Gasteiger partial charge in [-0.1, -0.05) is 90.9 Å². The fourth-order valence-electron chi connectivity index (χ4n) is 3.66. The lowest BCUT2D eigenvalue weighted by atomic mass is 10.0. The Morgan fingerprint density at radius 1 is 0.852 bits per heavy atom. The summed E-state index contributed by atoms with van der Waals surface area (Å²) in [5.41, 5.74) is -0.778. The maximum Gasteiger partial charge on any atom is 0.306 e. The highest BCUT2D eigenvalue weighted by Gasteiger charge is 2.52. The van der Waals surface area contributed by atoms with Crippen LogP contribution in [0.2, 0.25) is 0 Å². The van der Waals surface area contributed by atoms with Gasteiger partial charge in [-0.15, -0.1) is 0 Å². The molecule has 1 fully saturated rings. The number of ether oxygens (including phenoxy) is 1. The van der Waals surface area contributed by atoms with Crippen LogP contribution in [0.15, 0.2) is 0 Å². The predicted molar refractivity (Wildman–Crippen MR) is 111 cm³/mol. The third-order valence-electron chi connectivity index (χ3n) is 5.75. The van der Waals surface area contributed by atoms with Crippen LogP contribution >= 0.6 is 0 Å². The minimum atomic E-state index is -0.929. The number of aliphatic hydroxyl groups is 2. The second-order valence-electron chi connectivity index (χ2n) is 8.91. The van der Waals surface area contributed by atoms with Gasteiger partial charge in [0.05, 0.1) is 6.61 Å². The number of hydrogen-bond acceptors (Lipinski definition) is 4. The lowest BCUT2D eigenvalue weighted by Gasteiger charge is -2.20. The maximum absolute atomic E-state index is 11.8. The van der Waals surface area contributed by atoms with E-state index in [1.54, 1.807) is 0 Å². The van der Waals surface area contributed by atoms with E-state index < -0.39 is 11.7 Å². The van der Waals surface area contributed by atoms with Crippen molar-refractivity contribution in [2.45, 2.75) is 128 Å². The number of esters is 1. The Morgan fingerprint density at radius 3 is 1.70 bits per heavy atom. The van der Waals surface area contributed by atoms with E-state index in [-0.39, 0.29) is 12.6 Å². The van der Waals surface area contributed by atoms with Gasteiger partial charge in [-0.2, -0.15) is 0 Å². The van der Waals surface area contributed by atoms with Crippen LogP contribution in [0.25, 0.3) is 0 Å². The number of carbonyl (C=O) groups excluding carboxylic acids is 1. The highest BCUT2D eigenvalue weighted by molar-refractivity contribution is 5.70. The van der Waals surface area contributed by atoms with Crippen molar-refractivity contribution in [3.05, 3.63) is 0 Å². The number of unbranched alkanes of at least 4 members (excludes halogenated alkanes) is 11. The molecule has 0 saturated heterocycles. The molecule has 0 spiro atoms. The second-order valence-corrected chi connectivity index (χ2v) is 8.91.